The van der Waals surface area contributed by atoms with Crippen molar-refractivity contribution in [3.8, 4) is 0 Å². The number of tetrazole rings is 1. The summed E-state index contributed by atoms with van der Waals surface area (Å²) in [6.45, 7) is 1.33. The number of rotatable bonds is 17. The van der Waals surface area contributed by atoms with E-state index in [1.807, 2.05) is 19.0 Å². The van der Waals surface area contributed by atoms with E-state index in [0.717, 1.165) is 0 Å². The predicted octanol–water partition coefficient (Wildman–Crippen LogP) is -0.803. The number of nitrogens with one attached hydrogen (secondary N) is 3. The number of fused-ring (bicyclic) bond motifs is 2. The van der Waals surface area contributed by atoms with Crippen molar-refractivity contribution in [1.29, 1.82) is 0 Å². The Hall–Kier alpha value is -4.76. The number of thiazole rings is 2. The fourth-order valence-electron chi connectivity index (χ4n) is 6.33. The van der Waals surface area contributed by atoms with Crippen molar-refractivity contribution in [3.05, 3.63) is 44.7 Å². The van der Waals surface area contributed by atoms with E-state index in [1.54, 1.807) is 15.4 Å². The van der Waals surface area contributed by atoms with Gasteiger partial charge in [-0.25, -0.2) is 24.2 Å². The van der Waals surface area contributed by atoms with E-state index < -0.39 is 58.4 Å². The first-order chi connectivity index (χ1) is 27.3. The van der Waals surface area contributed by atoms with E-state index in [4.69, 9.17) is 5.73 Å². The van der Waals surface area contributed by atoms with Gasteiger partial charge in [0.25, 0.3) is 11.8 Å². The molecule has 0 aromatic carbocycles. The third-order valence-electron chi connectivity index (χ3n) is 9.02. The van der Waals surface area contributed by atoms with Crippen LogP contribution in [-0.4, -0.2) is 158 Å². The fourth-order valence-corrected chi connectivity index (χ4v) is 11.3. The molecule has 57 heavy (non-hydrogen) atoms. The quantitative estimate of drug-likeness (QED) is 0.0715. The van der Waals surface area contributed by atoms with E-state index in [9.17, 15) is 39.0 Å². The summed E-state index contributed by atoms with van der Waals surface area (Å²) in [5, 5.41) is 43.8. The maximum atomic E-state index is 13.2. The van der Waals surface area contributed by atoms with Crippen LogP contribution in [0.1, 0.15) is 11.4 Å². The van der Waals surface area contributed by atoms with Gasteiger partial charge in [-0.1, -0.05) is 11.8 Å². The average molecular weight is 878 g/mol. The zero-order valence-corrected chi connectivity index (χ0v) is 34.2. The first-order valence-corrected chi connectivity index (χ1v) is 21.9. The summed E-state index contributed by atoms with van der Waals surface area (Å²) >= 11 is 6.38. The summed E-state index contributed by atoms with van der Waals surface area (Å²) in [7, 11) is 3.86. The number of hydrogen-bond acceptors (Lipinski definition) is 19. The number of anilines is 2. The number of nitrogens with two attached hydrogens (primary N) is 1. The number of carbonyl (C=O) groups is 6. The lowest BCUT2D eigenvalue weighted by molar-refractivity contribution is -0.150. The van der Waals surface area contributed by atoms with Crippen molar-refractivity contribution in [2.75, 3.05) is 55.5 Å². The van der Waals surface area contributed by atoms with Crippen molar-refractivity contribution >= 4 is 104 Å². The molecule has 4 aliphatic heterocycles. The van der Waals surface area contributed by atoms with Gasteiger partial charge in [-0.15, -0.1) is 51.3 Å². The van der Waals surface area contributed by atoms with Crippen LogP contribution in [0.2, 0.25) is 0 Å². The number of nitrogens with zero attached hydrogens (tertiary/aromatic N) is 9. The lowest BCUT2D eigenvalue weighted by Gasteiger charge is -2.49. The number of carboxylic acid groups (broad SMARTS) is 2. The number of thioether (sulfide) groups is 3. The lowest BCUT2D eigenvalue weighted by Crippen LogP contribution is -2.70. The van der Waals surface area contributed by atoms with Crippen molar-refractivity contribution in [3.63, 3.8) is 0 Å². The minimum atomic E-state index is -1.28. The Labute approximate surface area is 344 Å². The minimum Gasteiger partial charge on any atom is -0.477 e. The molecule has 2 saturated heterocycles. The Morgan fingerprint density at radius 1 is 0.895 bits per heavy atom. The van der Waals surface area contributed by atoms with Crippen molar-refractivity contribution < 1.29 is 39.0 Å². The summed E-state index contributed by atoms with van der Waals surface area (Å²) in [5.41, 5.74) is 7.24. The number of carboxylic acids is 2. The largest absolute Gasteiger partial charge is 0.477 e. The molecule has 0 aliphatic carbocycles. The number of aliphatic carboxylic acids is 2. The highest BCUT2D eigenvalue weighted by Gasteiger charge is 2.55. The molecule has 302 valence electrons. The first-order valence-electron chi connectivity index (χ1n) is 17.1. The molecule has 26 heteroatoms. The van der Waals surface area contributed by atoms with Gasteiger partial charge >= 0.3 is 11.9 Å². The van der Waals surface area contributed by atoms with Gasteiger partial charge in [-0.05, 0) is 35.7 Å². The van der Waals surface area contributed by atoms with Crippen LogP contribution in [-0.2, 0) is 48.2 Å². The molecule has 0 radical (unpaired) electrons. The maximum Gasteiger partial charge on any atom is 0.352 e. The maximum absolute atomic E-state index is 13.2. The second-order valence-electron chi connectivity index (χ2n) is 13.2. The number of nitrogen functional groups attached to an aromatic ring is 1. The second-order valence-corrected chi connectivity index (χ2v) is 18.1. The van der Waals surface area contributed by atoms with E-state index in [1.165, 1.54) is 67.8 Å². The van der Waals surface area contributed by atoms with Crippen molar-refractivity contribution in [2.45, 2.75) is 47.4 Å². The van der Waals surface area contributed by atoms with Gasteiger partial charge in [0.1, 0.15) is 34.2 Å². The molecule has 21 nitrogen and oxygen atoms in total. The molecule has 0 bridgehead atoms. The lowest BCUT2D eigenvalue weighted by atomic mass is 10.0. The van der Waals surface area contributed by atoms with Gasteiger partial charge in [0.05, 0.1) is 30.8 Å². The van der Waals surface area contributed by atoms with Crippen LogP contribution in [0.15, 0.2) is 38.5 Å². The standard InChI is InChI=1S/C31H35N13O8S5/c1-41(2)3-4-42-31(38-39-40-42)57-10-14-9-54-26-20(24(48)44(26)22(14)28(51)52)37-18(46)6-16-12-56-30(35-16)33-7-13-8-53-25-19(23(47)43(25)21(13)27(49)50)36-17(45)5-15-11-55-29(32)34-15/h11-12,19-20,25-26H,3-10H2,1-2H3,(H2,32,34)(H,33,35)(H,36,45)(H,37,46)(H,49,50)(H,51,52)/t19-,20-,25-,26-/m1/s1. The molecule has 7 rings (SSSR count). The number of likely N-dealkylation sites (N-methyl/N-ethyl adjacent to an activating group) is 1. The smallest absolute Gasteiger partial charge is 0.352 e. The molecule has 0 spiro atoms. The molecule has 4 aliphatic rings. The van der Waals surface area contributed by atoms with E-state index >= 15 is 0 Å². The summed E-state index contributed by atoms with van der Waals surface area (Å²) in [4.78, 5) is 89.4. The van der Waals surface area contributed by atoms with Gasteiger partial charge in [-0.2, -0.15) is 0 Å². The molecular formula is C31H35N13O8S5. The molecule has 3 aromatic rings. The van der Waals surface area contributed by atoms with Crippen LogP contribution in [0.4, 0.5) is 10.3 Å². The SMILES string of the molecule is CN(C)CCn1nnnc1SCC1=C(C(=O)O)N2C(=O)[C@@H](NC(=O)Cc3csc(NCC4=C(C(=O)O)N5C(=O)[C@@H](NC(=O)Cc6csc(N)n6)[C@H]5SC4)n3)[C@H]2SC1. The highest BCUT2D eigenvalue weighted by molar-refractivity contribution is 8.01. The van der Waals surface area contributed by atoms with E-state index in [0.29, 0.717) is 56.8 Å². The number of amides is 4. The molecule has 7 heterocycles. The van der Waals surface area contributed by atoms with Crippen molar-refractivity contribution in [2.24, 2.45) is 0 Å². The number of carbonyl (C=O) groups excluding carboxylic acids is 4. The zero-order chi connectivity index (χ0) is 40.5. The molecule has 7 N–H and O–H groups in total. The Kier molecular flexibility index (Phi) is 12.1. The molecule has 4 amide bonds. The van der Waals surface area contributed by atoms with E-state index in [-0.39, 0.29) is 42.3 Å². The van der Waals surface area contributed by atoms with Crippen LogP contribution in [0.25, 0.3) is 0 Å². The van der Waals surface area contributed by atoms with Crippen LogP contribution >= 0.6 is 58.0 Å². The minimum absolute atomic E-state index is 0.0600. The highest BCUT2D eigenvalue weighted by Crippen LogP contribution is 2.42. The Morgan fingerprint density at radius 3 is 2.05 bits per heavy atom. The fraction of sp³-hybridized carbons (Fsp3) is 0.452. The number of hydrogen-bond donors (Lipinski definition) is 6. The molecule has 0 unspecified atom stereocenters. The monoisotopic (exact) mass is 877 g/mol. The van der Waals surface area contributed by atoms with Gasteiger partial charge in [-0.3, -0.25) is 29.0 Å². The third kappa shape index (κ3) is 8.59. The Morgan fingerprint density at radius 2 is 1.47 bits per heavy atom. The number of aromatic nitrogens is 6. The number of β-lactam (4-membered cyclic amide) rings is 2. The van der Waals surface area contributed by atoms with Crippen LogP contribution in [0.3, 0.4) is 0 Å². The van der Waals surface area contributed by atoms with Crippen LogP contribution in [0.5, 0.6) is 0 Å². The molecular weight excluding hydrogens is 843 g/mol. The predicted molar refractivity (Wildman–Crippen MR) is 211 cm³/mol. The summed E-state index contributed by atoms with van der Waals surface area (Å²) < 4.78 is 1.64. The first kappa shape index (κ1) is 40.4. The third-order valence-corrected chi connectivity index (χ3v) is 14.3. The molecule has 2 fully saturated rings. The van der Waals surface area contributed by atoms with Gasteiger partial charge in [0.2, 0.25) is 17.0 Å². The van der Waals surface area contributed by atoms with Crippen LogP contribution in [0, 0.1) is 0 Å². The Balaban J connectivity index is 0.905. The summed E-state index contributed by atoms with van der Waals surface area (Å²) in [6, 6.07) is -1.79. The normalized spacial score (nSPS) is 21.5. The van der Waals surface area contributed by atoms with Crippen molar-refractivity contribution in [1.82, 2.24) is 55.5 Å². The topological polar surface area (TPSA) is 284 Å². The molecule has 3 aromatic heterocycles. The van der Waals surface area contributed by atoms with Gasteiger partial charge in [0, 0.05) is 41.1 Å². The van der Waals surface area contributed by atoms with Gasteiger partial charge in [0.15, 0.2) is 10.3 Å². The van der Waals surface area contributed by atoms with Crippen LogP contribution < -0.4 is 21.7 Å². The molecule has 4 atom stereocenters. The molecule has 0 saturated carbocycles. The van der Waals surface area contributed by atoms with Gasteiger partial charge < -0.3 is 36.8 Å². The summed E-state index contributed by atoms with van der Waals surface area (Å²) in [6.07, 6.45) is -0.215. The second kappa shape index (κ2) is 17.0. The zero-order valence-electron chi connectivity index (χ0n) is 30.1. The Bertz CT molecular complexity index is 2190. The highest BCUT2D eigenvalue weighted by atomic mass is 32.2. The van der Waals surface area contributed by atoms with E-state index in [2.05, 4.69) is 41.4 Å². The summed E-state index contributed by atoms with van der Waals surface area (Å²) in [5.74, 6) is -3.59. The average Bonchev–Trinajstić information content (AvgIpc) is 3.93.